The molecule has 0 aromatic heterocycles. The summed E-state index contributed by atoms with van der Waals surface area (Å²) in [5.74, 6) is -1.52. The molecule has 0 saturated carbocycles. The lowest BCUT2D eigenvalue weighted by atomic mass is 9.99. The lowest BCUT2D eigenvalue weighted by Crippen LogP contribution is -2.46. The minimum atomic E-state index is -3.04. The van der Waals surface area contributed by atoms with E-state index in [1.54, 1.807) is 0 Å². The molecule has 10 heteroatoms. The summed E-state index contributed by atoms with van der Waals surface area (Å²) in [5.41, 5.74) is 7.97. The SMILES string of the molecule is CCN1CCN(c2ccc(-c3ccc(Cl)cc3N3CCCC(N=C(C(=CN)C(=O)O)C(F)F)C3)cc2)CC1. The smallest absolute Gasteiger partial charge is 0.339 e. The molecule has 2 saturated heterocycles. The van der Waals surface area contributed by atoms with E-state index < -0.39 is 29.7 Å². The molecule has 0 aliphatic carbocycles. The second-order valence-electron chi connectivity index (χ2n) is 9.57. The Balaban J connectivity index is 1.57. The highest BCUT2D eigenvalue weighted by Gasteiger charge is 2.28. The highest BCUT2D eigenvalue weighted by Crippen LogP contribution is 2.36. The Kier molecular flexibility index (Phi) is 9.22. The third-order valence-corrected chi connectivity index (χ3v) is 7.50. The highest BCUT2D eigenvalue weighted by atomic mass is 35.5. The third-order valence-electron chi connectivity index (χ3n) is 7.26. The molecular formula is C28H34ClF2N5O2. The van der Waals surface area contributed by atoms with E-state index in [0.29, 0.717) is 37.2 Å². The van der Waals surface area contributed by atoms with Crippen molar-refractivity contribution in [3.8, 4) is 11.1 Å². The zero-order valence-electron chi connectivity index (χ0n) is 21.5. The first-order chi connectivity index (χ1) is 18.3. The van der Waals surface area contributed by atoms with Crippen molar-refractivity contribution in [1.29, 1.82) is 0 Å². The van der Waals surface area contributed by atoms with Crippen LogP contribution in [0, 0.1) is 0 Å². The molecule has 4 rings (SSSR count). The Hall–Kier alpha value is -3.17. The molecule has 7 nitrogen and oxygen atoms in total. The van der Waals surface area contributed by atoms with Gasteiger partial charge in [-0.15, -0.1) is 0 Å². The van der Waals surface area contributed by atoms with Crippen molar-refractivity contribution in [2.45, 2.75) is 32.2 Å². The van der Waals surface area contributed by atoms with E-state index in [2.05, 4.69) is 50.9 Å². The van der Waals surface area contributed by atoms with Gasteiger partial charge in [0.1, 0.15) is 11.3 Å². The Morgan fingerprint density at radius 1 is 1.13 bits per heavy atom. The second kappa shape index (κ2) is 12.6. The summed E-state index contributed by atoms with van der Waals surface area (Å²) in [6, 6.07) is 13.7. The number of alkyl halides is 2. The molecule has 38 heavy (non-hydrogen) atoms. The fourth-order valence-electron chi connectivity index (χ4n) is 5.17. The first kappa shape index (κ1) is 27.9. The maximum absolute atomic E-state index is 13.7. The van der Waals surface area contributed by atoms with Crippen LogP contribution >= 0.6 is 11.6 Å². The topological polar surface area (TPSA) is 85.4 Å². The van der Waals surface area contributed by atoms with Crippen molar-refractivity contribution in [3.63, 3.8) is 0 Å². The van der Waals surface area contributed by atoms with Crippen LogP contribution in [0.25, 0.3) is 11.1 Å². The fraction of sp³-hybridized carbons (Fsp3) is 0.429. The van der Waals surface area contributed by atoms with Gasteiger partial charge >= 0.3 is 5.97 Å². The van der Waals surface area contributed by atoms with Crippen LogP contribution in [0.15, 0.2) is 59.2 Å². The minimum Gasteiger partial charge on any atom is -0.478 e. The average Bonchev–Trinajstić information content (AvgIpc) is 2.93. The van der Waals surface area contributed by atoms with E-state index >= 15 is 0 Å². The third kappa shape index (κ3) is 6.45. The molecular weight excluding hydrogens is 512 g/mol. The van der Waals surface area contributed by atoms with Crippen LogP contribution in [-0.2, 0) is 4.79 Å². The van der Waals surface area contributed by atoms with Gasteiger partial charge in [-0.3, -0.25) is 4.99 Å². The van der Waals surface area contributed by atoms with Crippen molar-refractivity contribution in [2.75, 3.05) is 55.6 Å². The number of carboxylic acid groups (broad SMARTS) is 1. The molecule has 3 N–H and O–H groups in total. The lowest BCUT2D eigenvalue weighted by molar-refractivity contribution is -0.132. The quantitative estimate of drug-likeness (QED) is 0.368. The zero-order valence-corrected chi connectivity index (χ0v) is 22.2. The van der Waals surface area contributed by atoms with Crippen molar-refractivity contribution in [1.82, 2.24) is 4.90 Å². The number of benzene rings is 2. The first-order valence-electron chi connectivity index (χ1n) is 12.9. The Morgan fingerprint density at radius 2 is 1.84 bits per heavy atom. The van der Waals surface area contributed by atoms with Gasteiger partial charge < -0.3 is 25.5 Å². The van der Waals surface area contributed by atoms with Crippen LogP contribution in [0.3, 0.4) is 0 Å². The number of likely N-dealkylation sites (N-methyl/N-ethyl adjacent to an activating group) is 1. The lowest BCUT2D eigenvalue weighted by Gasteiger charge is -2.36. The Bertz CT molecular complexity index is 1180. The molecule has 1 unspecified atom stereocenters. The summed E-state index contributed by atoms with van der Waals surface area (Å²) in [5, 5.41) is 9.85. The molecule has 0 amide bonds. The molecule has 1 atom stereocenters. The van der Waals surface area contributed by atoms with Gasteiger partial charge in [0.05, 0.1) is 6.04 Å². The number of hydrogen-bond acceptors (Lipinski definition) is 6. The van der Waals surface area contributed by atoms with Gasteiger partial charge in [-0.05, 0) is 49.2 Å². The van der Waals surface area contributed by atoms with E-state index in [-0.39, 0.29) is 0 Å². The molecule has 2 aromatic rings. The number of halogens is 3. The summed E-state index contributed by atoms with van der Waals surface area (Å²) in [6.07, 6.45) is -1.08. The molecule has 2 fully saturated rings. The average molecular weight is 546 g/mol. The van der Waals surface area contributed by atoms with Gasteiger partial charge in [0.25, 0.3) is 6.43 Å². The number of carboxylic acids is 1. The highest BCUT2D eigenvalue weighted by molar-refractivity contribution is 6.31. The zero-order chi connectivity index (χ0) is 27.2. The summed E-state index contributed by atoms with van der Waals surface area (Å²) >= 11 is 6.38. The standard InChI is InChI=1S/C28H34ClF2N5O2/c1-2-34-12-14-35(15-13-34)22-8-5-19(6-9-22)23-10-7-20(29)16-25(23)36-11-3-4-21(18-36)33-26(27(30)31)24(17-32)28(37)38/h5-10,16-17,21,27H,2-4,11-15,18,32H2,1H3,(H,37,38). The van der Waals surface area contributed by atoms with Gasteiger partial charge in [-0.2, -0.15) is 0 Å². The number of carbonyl (C=O) groups is 1. The Labute approximate surface area is 227 Å². The number of aliphatic carboxylic acids is 1. The molecule has 2 aliphatic rings. The summed E-state index contributed by atoms with van der Waals surface area (Å²) in [4.78, 5) is 22.5. The molecule has 204 valence electrons. The van der Waals surface area contributed by atoms with Crippen LogP contribution in [0.4, 0.5) is 20.2 Å². The van der Waals surface area contributed by atoms with Gasteiger partial charge in [-0.1, -0.05) is 36.7 Å². The van der Waals surface area contributed by atoms with Crippen LogP contribution in [0.5, 0.6) is 0 Å². The molecule has 0 spiro atoms. The number of aliphatic imine (C=N–C) groups is 1. The van der Waals surface area contributed by atoms with E-state index in [0.717, 1.165) is 49.5 Å². The fourth-order valence-corrected chi connectivity index (χ4v) is 5.34. The predicted molar refractivity (Wildman–Crippen MR) is 150 cm³/mol. The molecule has 2 aliphatic heterocycles. The first-order valence-corrected chi connectivity index (χ1v) is 13.3. The van der Waals surface area contributed by atoms with Crippen LogP contribution in [0.1, 0.15) is 19.8 Å². The summed E-state index contributed by atoms with van der Waals surface area (Å²) < 4.78 is 27.4. The van der Waals surface area contributed by atoms with Crippen LogP contribution in [0.2, 0.25) is 5.02 Å². The number of rotatable bonds is 8. The van der Waals surface area contributed by atoms with Crippen molar-refractivity contribution < 1.29 is 18.7 Å². The number of nitrogens with zero attached hydrogens (tertiary/aromatic N) is 4. The number of anilines is 2. The van der Waals surface area contributed by atoms with Crippen molar-refractivity contribution >= 4 is 34.7 Å². The molecule has 2 aromatic carbocycles. The molecule has 0 radical (unpaired) electrons. The van der Waals surface area contributed by atoms with E-state index in [1.165, 1.54) is 5.69 Å². The maximum atomic E-state index is 13.7. The number of nitrogens with two attached hydrogens (primary N) is 1. The maximum Gasteiger partial charge on any atom is 0.339 e. The van der Waals surface area contributed by atoms with Crippen LogP contribution < -0.4 is 15.5 Å². The molecule has 0 bridgehead atoms. The van der Waals surface area contributed by atoms with E-state index in [9.17, 15) is 18.7 Å². The Morgan fingerprint density at radius 3 is 2.45 bits per heavy atom. The largest absolute Gasteiger partial charge is 0.478 e. The number of piperidine rings is 1. The second-order valence-corrected chi connectivity index (χ2v) is 10.0. The van der Waals surface area contributed by atoms with E-state index in [4.69, 9.17) is 17.3 Å². The van der Waals surface area contributed by atoms with Gasteiger partial charge in [-0.25, -0.2) is 13.6 Å². The normalized spacial score (nSPS) is 19.8. The van der Waals surface area contributed by atoms with Gasteiger partial charge in [0, 0.05) is 67.4 Å². The predicted octanol–water partition coefficient (Wildman–Crippen LogP) is 4.75. The van der Waals surface area contributed by atoms with Gasteiger partial charge in [0.15, 0.2) is 0 Å². The molecule has 2 heterocycles. The minimum absolute atomic E-state index is 0.362. The monoisotopic (exact) mass is 545 g/mol. The van der Waals surface area contributed by atoms with Crippen molar-refractivity contribution in [2.24, 2.45) is 10.7 Å². The summed E-state index contributed by atoms with van der Waals surface area (Å²) in [7, 11) is 0. The number of piperazine rings is 1. The van der Waals surface area contributed by atoms with Crippen molar-refractivity contribution in [3.05, 3.63) is 59.3 Å². The van der Waals surface area contributed by atoms with E-state index in [1.807, 2.05) is 18.2 Å². The van der Waals surface area contributed by atoms with Gasteiger partial charge in [0.2, 0.25) is 0 Å². The number of hydrogen-bond donors (Lipinski definition) is 2. The van der Waals surface area contributed by atoms with Crippen LogP contribution in [-0.4, -0.2) is 80.0 Å². The summed E-state index contributed by atoms with van der Waals surface area (Å²) in [6.45, 7) is 8.44.